The Balaban J connectivity index is 2.07. The first-order valence-corrected chi connectivity index (χ1v) is 6.71. The van der Waals surface area contributed by atoms with Crippen molar-refractivity contribution in [1.82, 2.24) is 0 Å². The molecule has 1 N–H and O–H groups in total. The quantitative estimate of drug-likeness (QED) is 0.915. The average Bonchev–Trinajstić information content (AvgIpc) is 3.09. The molecule has 0 bridgehead atoms. The SMILES string of the molecule is COc1cc(NC(=O)OC(C)(C)C)cc(OC2CC2)c1. The molecule has 1 aliphatic carbocycles. The lowest BCUT2D eigenvalue weighted by atomic mass is 10.2. The van der Waals surface area contributed by atoms with Gasteiger partial charge in [-0.25, -0.2) is 4.79 Å². The number of carbonyl (C=O) groups excluding carboxylic acids is 1. The van der Waals surface area contributed by atoms with Crippen LogP contribution in [0.15, 0.2) is 18.2 Å². The van der Waals surface area contributed by atoms with Gasteiger partial charge in [-0.15, -0.1) is 0 Å². The maximum atomic E-state index is 11.8. The number of ether oxygens (including phenoxy) is 3. The van der Waals surface area contributed by atoms with Gasteiger partial charge in [-0.1, -0.05) is 0 Å². The summed E-state index contributed by atoms with van der Waals surface area (Å²) in [4.78, 5) is 11.8. The molecule has 0 aromatic heterocycles. The molecule has 0 aliphatic heterocycles. The third-order valence-corrected chi connectivity index (χ3v) is 2.59. The Kier molecular flexibility index (Phi) is 4.06. The molecule has 1 amide bonds. The van der Waals surface area contributed by atoms with Crippen LogP contribution in [0.4, 0.5) is 10.5 Å². The molecule has 0 unspecified atom stereocenters. The van der Waals surface area contributed by atoms with Crippen LogP contribution in [0, 0.1) is 0 Å². The summed E-state index contributed by atoms with van der Waals surface area (Å²) in [5, 5.41) is 2.69. The van der Waals surface area contributed by atoms with Gasteiger partial charge in [0, 0.05) is 18.2 Å². The number of rotatable bonds is 4. The van der Waals surface area contributed by atoms with Crippen molar-refractivity contribution in [1.29, 1.82) is 0 Å². The van der Waals surface area contributed by atoms with Gasteiger partial charge in [-0.3, -0.25) is 5.32 Å². The molecule has 20 heavy (non-hydrogen) atoms. The molecule has 1 aromatic carbocycles. The lowest BCUT2D eigenvalue weighted by Crippen LogP contribution is -2.27. The Morgan fingerprint density at radius 3 is 2.40 bits per heavy atom. The molecule has 1 saturated carbocycles. The highest BCUT2D eigenvalue weighted by Crippen LogP contribution is 2.31. The molecule has 0 saturated heterocycles. The second-order valence-corrected chi connectivity index (χ2v) is 5.84. The van der Waals surface area contributed by atoms with Crippen molar-refractivity contribution in [2.75, 3.05) is 12.4 Å². The van der Waals surface area contributed by atoms with Crippen LogP contribution in [0.25, 0.3) is 0 Å². The lowest BCUT2D eigenvalue weighted by Gasteiger charge is -2.20. The summed E-state index contributed by atoms with van der Waals surface area (Å²) in [6, 6.07) is 5.30. The van der Waals surface area contributed by atoms with E-state index in [0.717, 1.165) is 12.8 Å². The zero-order valence-corrected chi connectivity index (χ0v) is 12.4. The molecule has 1 fully saturated rings. The number of methoxy groups -OCH3 is 1. The highest BCUT2D eigenvalue weighted by Gasteiger charge is 2.24. The molecule has 2 rings (SSSR count). The van der Waals surface area contributed by atoms with E-state index in [-0.39, 0.29) is 6.10 Å². The van der Waals surface area contributed by atoms with Crippen molar-refractivity contribution in [3.8, 4) is 11.5 Å². The molecule has 5 nitrogen and oxygen atoms in total. The van der Waals surface area contributed by atoms with Crippen molar-refractivity contribution < 1.29 is 19.0 Å². The molecule has 110 valence electrons. The summed E-state index contributed by atoms with van der Waals surface area (Å²) in [7, 11) is 1.58. The van der Waals surface area contributed by atoms with Crippen LogP contribution in [-0.4, -0.2) is 24.9 Å². The first-order valence-electron chi connectivity index (χ1n) is 6.71. The van der Waals surface area contributed by atoms with Crippen LogP contribution >= 0.6 is 0 Å². The third-order valence-electron chi connectivity index (χ3n) is 2.59. The Hall–Kier alpha value is -1.91. The number of hydrogen-bond donors (Lipinski definition) is 1. The lowest BCUT2D eigenvalue weighted by molar-refractivity contribution is 0.0636. The van der Waals surface area contributed by atoms with Crippen LogP contribution in [0.5, 0.6) is 11.5 Å². The van der Waals surface area contributed by atoms with Crippen molar-refractivity contribution in [3.05, 3.63) is 18.2 Å². The Morgan fingerprint density at radius 2 is 1.85 bits per heavy atom. The fourth-order valence-electron chi connectivity index (χ4n) is 1.63. The predicted octanol–water partition coefficient (Wildman–Crippen LogP) is 3.58. The Labute approximate surface area is 119 Å². The monoisotopic (exact) mass is 279 g/mol. The van der Waals surface area contributed by atoms with E-state index in [9.17, 15) is 4.79 Å². The van der Waals surface area contributed by atoms with Crippen molar-refractivity contribution in [2.24, 2.45) is 0 Å². The fraction of sp³-hybridized carbons (Fsp3) is 0.533. The molecule has 0 heterocycles. The van der Waals surface area contributed by atoms with E-state index in [2.05, 4.69) is 5.32 Å². The maximum absolute atomic E-state index is 11.8. The first-order chi connectivity index (χ1) is 9.35. The van der Waals surface area contributed by atoms with Crippen molar-refractivity contribution in [3.63, 3.8) is 0 Å². The largest absolute Gasteiger partial charge is 0.497 e. The van der Waals surface area contributed by atoms with Crippen molar-refractivity contribution in [2.45, 2.75) is 45.3 Å². The predicted molar refractivity (Wildman–Crippen MR) is 76.5 cm³/mol. The summed E-state index contributed by atoms with van der Waals surface area (Å²) in [6.07, 6.45) is 1.94. The van der Waals surface area contributed by atoms with E-state index in [1.54, 1.807) is 25.3 Å². The van der Waals surface area contributed by atoms with Gasteiger partial charge < -0.3 is 14.2 Å². The second-order valence-electron chi connectivity index (χ2n) is 5.84. The maximum Gasteiger partial charge on any atom is 0.412 e. The van der Waals surface area contributed by atoms with E-state index in [1.165, 1.54) is 0 Å². The first kappa shape index (κ1) is 14.5. The number of anilines is 1. The van der Waals surface area contributed by atoms with E-state index in [1.807, 2.05) is 20.8 Å². The van der Waals surface area contributed by atoms with Gasteiger partial charge in [-0.2, -0.15) is 0 Å². The molecule has 0 radical (unpaired) electrons. The van der Waals surface area contributed by atoms with Gasteiger partial charge >= 0.3 is 6.09 Å². The fourth-order valence-corrected chi connectivity index (χ4v) is 1.63. The van der Waals surface area contributed by atoms with Crippen LogP contribution in [0.2, 0.25) is 0 Å². The average molecular weight is 279 g/mol. The highest BCUT2D eigenvalue weighted by molar-refractivity contribution is 5.85. The van der Waals surface area contributed by atoms with Crippen LogP contribution < -0.4 is 14.8 Å². The minimum Gasteiger partial charge on any atom is -0.497 e. The van der Waals surface area contributed by atoms with E-state index in [0.29, 0.717) is 17.2 Å². The van der Waals surface area contributed by atoms with Gasteiger partial charge in [0.2, 0.25) is 0 Å². The highest BCUT2D eigenvalue weighted by atomic mass is 16.6. The van der Waals surface area contributed by atoms with E-state index >= 15 is 0 Å². The summed E-state index contributed by atoms with van der Waals surface area (Å²) < 4.78 is 16.1. The Morgan fingerprint density at radius 1 is 1.20 bits per heavy atom. The summed E-state index contributed by atoms with van der Waals surface area (Å²) in [5.74, 6) is 1.33. The topological polar surface area (TPSA) is 56.8 Å². The summed E-state index contributed by atoms with van der Waals surface area (Å²) in [5.41, 5.74) is 0.0604. The standard InChI is InChI=1S/C15H21NO4/c1-15(2,3)20-14(17)16-10-7-12(18-4)9-13(8-10)19-11-5-6-11/h7-9,11H,5-6H2,1-4H3,(H,16,17). The number of amides is 1. The van der Waals surface area contributed by atoms with Crippen LogP contribution in [0.1, 0.15) is 33.6 Å². The zero-order valence-electron chi connectivity index (χ0n) is 12.4. The van der Waals surface area contributed by atoms with Crippen molar-refractivity contribution >= 4 is 11.8 Å². The second kappa shape index (κ2) is 5.61. The molecule has 1 aliphatic rings. The molecular weight excluding hydrogens is 258 g/mol. The van der Waals surface area contributed by atoms with Gasteiger partial charge in [0.25, 0.3) is 0 Å². The van der Waals surface area contributed by atoms with Gasteiger partial charge in [0.1, 0.15) is 17.1 Å². The number of carbonyl (C=O) groups is 1. The minimum atomic E-state index is -0.531. The number of nitrogens with one attached hydrogen (secondary N) is 1. The summed E-state index contributed by atoms with van der Waals surface area (Å²) in [6.45, 7) is 5.46. The zero-order chi connectivity index (χ0) is 14.8. The normalized spacial score (nSPS) is 14.6. The third kappa shape index (κ3) is 4.64. The van der Waals surface area contributed by atoms with E-state index in [4.69, 9.17) is 14.2 Å². The summed E-state index contributed by atoms with van der Waals surface area (Å²) >= 11 is 0. The number of benzene rings is 1. The minimum absolute atomic E-state index is 0.288. The van der Waals surface area contributed by atoms with Crippen LogP contribution in [0.3, 0.4) is 0 Å². The number of hydrogen-bond acceptors (Lipinski definition) is 4. The van der Waals surface area contributed by atoms with E-state index < -0.39 is 11.7 Å². The molecule has 1 aromatic rings. The Bertz CT molecular complexity index is 489. The smallest absolute Gasteiger partial charge is 0.412 e. The van der Waals surface area contributed by atoms with Gasteiger partial charge in [0.15, 0.2) is 0 Å². The molecular formula is C15H21NO4. The molecule has 0 atom stereocenters. The van der Waals surface area contributed by atoms with Gasteiger partial charge in [-0.05, 0) is 33.6 Å². The molecule has 5 heteroatoms. The van der Waals surface area contributed by atoms with Crippen LogP contribution in [-0.2, 0) is 4.74 Å². The van der Waals surface area contributed by atoms with Gasteiger partial charge in [0.05, 0.1) is 18.9 Å². The molecule has 0 spiro atoms.